The van der Waals surface area contributed by atoms with Gasteiger partial charge in [0.1, 0.15) is 5.69 Å². The minimum Gasteiger partial charge on any atom is -0.378 e. The summed E-state index contributed by atoms with van der Waals surface area (Å²) in [5.74, 6) is -0.179. The number of nitrogens with one attached hydrogen (secondary N) is 1. The predicted molar refractivity (Wildman–Crippen MR) is 87.4 cm³/mol. The summed E-state index contributed by atoms with van der Waals surface area (Å²) in [4.78, 5) is 22.8. The molecule has 1 aliphatic rings. The van der Waals surface area contributed by atoms with Gasteiger partial charge in [0.25, 0.3) is 5.91 Å². The fourth-order valence-electron chi connectivity index (χ4n) is 2.55. The molecule has 0 aliphatic carbocycles. The fourth-order valence-corrected chi connectivity index (χ4v) is 2.55. The molecule has 6 nitrogen and oxygen atoms in total. The van der Waals surface area contributed by atoms with Crippen LogP contribution in [0.3, 0.4) is 0 Å². The molecule has 1 N–H and O–H groups in total. The predicted octanol–water partition coefficient (Wildman–Crippen LogP) is 1.55. The van der Waals surface area contributed by atoms with Crippen molar-refractivity contribution in [3.63, 3.8) is 0 Å². The number of anilines is 1. The summed E-state index contributed by atoms with van der Waals surface area (Å²) in [5.41, 5.74) is 3.48. The third-order valence-electron chi connectivity index (χ3n) is 3.74. The number of ether oxygens (including phenoxy) is 1. The van der Waals surface area contributed by atoms with Gasteiger partial charge in [-0.05, 0) is 30.2 Å². The van der Waals surface area contributed by atoms with E-state index in [4.69, 9.17) is 4.74 Å². The maximum atomic E-state index is 12.3. The number of carbonyl (C=O) groups is 1. The standard InChI is InChI=1S/C17H20N4O2/c1-13-8-14(11-18-10-13)12-20-17(22)16-9-15(2-3-19-16)21-4-6-23-7-5-21/h2-3,8-11H,4-7,12H2,1H3,(H,20,22). The Kier molecular flexibility index (Phi) is 4.83. The molecular formula is C17H20N4O2. The van der Waals surface area contributed by atoms with Crippen LogP contribution in [-0.4, -0.2) is 42.2 Å². The second kappa shape index (κ2) is 7.19. The summed E-state index contributed by atoms with van der Waals surface area (Å²) in [7, 11) is 0. The number of amides is 1. The monoisotopic (exact) mass is 312 g/mol. The lowest BCUT2D eigenvalue weighted by Crippen LogP contribution is -2.36. The van der Waals surface area contributed by atoms with E-state index in [1.807, 2.05) is 25.1 Å². The molecule has 3 heterocycles. The van der Waals surface area contributed by atoms with Crippen molar-refractivity contribution < 1.29 is 9.53 Å². The van der Waals surface area contributed by atoms with Crippen LogP contribution in [0.1, 0.15) is 21.6 Å². The second-order valence-electron chi connectivity index (χ2n) is 5.55. The Bertz CT molecular complexity index is 684. The number of pyridine rings is 2. The van der Waals surface area contributed by atoms with E-state index in [1.165, 1.54) is 0 Å². The van der Waals surface area contributed by atoms with Gasteiger partial charge in [-0.1, -0.05) is 6.07 Å². The average Bonchev–Trinajstić information content (AvgIpc) is 2.61. The smallest absolute Gasteiger partial charge is 0.270 e. The largest absolute Gasteiger partial charge is 0.378 e. The number of rotatable bonds is 4. The average molecular weight is 312 g/mol. The molecule has 0 radical (unpaired) electrons. The first-order valence-corrected chi connectivity index (χ1v) is 7.70. The van der Waals surface area contributed by atoms with Gasteiger partial charge in [-0.25, -0.2) is 0 Å². The third-order valence-corrected chi connectivity index (χ3v) is 3.74. The molecular weight excluding hydrogens is 292 g/mol. The van der Waals surface area contributed by atoms with Gasteiger partial charge in [0.2, 0.25) is 0 Å². The Hall–Kier alpha value is -2.47. The number of hydrogen-bond donors (Lipinski definition) is 1. The molecule has 2 aromatic heterocycles. The molecule has 0 aromatic carbocycles. The molecule has 1 amide bonds. The van der Waals surface area contributed by atoms with Crippen molar-refractivity contribution in [1.82, 2.24) is 15.3 Å². The van der Waals surface area contributed by atoms with E-state index >= 15 is 0 Å². The van der Waals surface area contributed by atoms with Gasteiger partial charge in [0, 0.05) is 43.9 Å². The first-order valence-electron chi connectivity index (χ1n) is 7.70. The zero-order valence-electron chi connectivity index (χ0n) is 13.2. The fraction of sp³-hybridized carbons (Fsp3) is 0.353. The van der Waals surface area contributed by atoms with Gasteiger partial charge < -0.3 is 15.0 Å². The van der Waals surface area contributed by atoms with E-state index in [0.717, 1.165) is 29.9 Å². The summed E-state index contributed by atoms with van der Waals surface area (Å²) in [6.45, 7) is 5.51. The molecule has 120 valence electrons. The van der Waals surface area contributed by atoms with Crippen molar-refractivity contribution in [2.75, 3.05) is 31.2 Å². The number of nitrogens with zero attached hydrogens (tertiary/aromatic N) is 3. The SMILES string of the molecule is Cc1cncc(CNC(=O)c2cc(N3CCOCC3)ccn2)c1. The van der Waals surface area contributed by atoms with Crippen molar-refractivity contribution in [1.29, 1.82) is 0 Å². The first-order chi connectivity index (χ1) is 11.2. The van der Waals surface area contributed by atoms with Crippen LogP contribution in [-0.2, 0) is 11.3 Å². The number of aromatic nitrogens is 2. The van der Waals surface area contributed by atoms with Crippen LogP contribution in [0.4, 0.5) is 5.69 Å². The maximum Gasteiger partial charge on any atom is 0.270 e. The lowest BCUT2D eigenvalue weighted by molar-refractivity contribution is 0.0946. The summed E-state index contributed by atoms with van der Waals surface area (Å²) in [5, 5.41) is 2.89. The van der Waals surface area contributed by atoms with E-state index in [0.29, 0.717) is 25.5 Å². The quantitative estimate of drug-likeness (QED) is 0.928. The lowest BCUT2D eigenvalue weighted by atomic mass is 10.2. The van der Waals surface area contributed by atoms with E-state index in [-0.39, 0.29) is 5.91 Å². The minimum atomic E-state index is -0.179. The third kappa shape index (κ3) is 4.04. The molecule has 0 bridgehead atoms. The van der Waals surface area contributed by atoms with E-state index in [9.17, 15) is 4.79 Å². The molecule has 1 fully saturated rings. The highest BCUT2D eigenvalue weighted by atomic mass is 16.5. The molecule has 0 atom stereocenters. The van der Waals surface area contributed by atoms with Gasteiger partial charge in [0.05, 0.1) is 13.2 Å². The highest BCUT2D eigenvalue weighted by Crippen LogP contribution is 2.16. The van der Waals surface area contributed by atoms with Crippen molar-refractivity contribution >= 4 is 11.6 Å². The second-order valence-corrected chi connectivity index (χ2v) is 5.55. The molecule has 6 heteroatoms. The van der Waals surface area contributed by atoms with Gasteiger partial charge >= 0.3 is 0 Å². The molecule has 23 heavy (non-hydrogen) atoms. The number of hydrogen-bond acceptors (Lipinski definition) is 5. The van der Waals surface area contributed by atoms with Gasteiger partial charge in [0.15, 0.2) is 0 Å². The Balaban J connectivity index is 1.65. The van der Waals surface area contributed by atoms with Crippen LogP contribution in [0.2, 0.25) is 0 Å². The van der Waals surface area contributed by atoms with E-state index < -0.39 is 0 Å². The van der Waals surface area contributed by atoms with Crippen LogP contribution < -0.4 is 10.2 Å². The van der Waals surface area contributed by atoms with Gasteiger partial charge in [-0.15, -0.1) is 0 Å². The highest BCUT2D eigenvalue weighted by molar-refractivity contribution is 5.93. The molecule has 0 unspecified atom stereocenters. The van der Waals surface area contributed by atoms with E-state index in [2.05, 4.69) is 20.2 Å². The van der Waals surface area contributed by atoms with Crippen molar-refractivity contribution in [3.05, 3.63) is 53.6 Å². The van der Waals surface area contributed by atoms with Crippen molar-refractivity contribution in [2.24, 2.45) is 0 Å². The Morgan fingerprint density at radius 3 is 2.91 bits per heavy atom. The van der Waals surface area contributed by atoms with Crippen LogP contribution in [0.25, 0.3) is 0 Å². The first kappa shape index (κ1) is 15.4. The summed E-state index contributed by atoms with van der Waals surface area (Å²) in [6, 6.07) is 5.76. The number of aryl methyl sites for hydroxylation is 1. The zero-order chi connectivity index (χ0) is 16.1. The Morgan fingerprint density at radius 2 is 2.13 bits per heavy atom. The number of carbonyl (C=O) groups excluding carboxylic acids is 1. The molecule has 1 aliphatic heterocycles. The summed E-state index contributed by atoms with van der Waals surface area (Å²) in [6.07, 6.45) is 5.22. The summed E-state index contributed by atoms with van der Waals surface area (Å²) < 4.78 is 5.35. The van der Waals surface area contributed by atoms with Gasteiger partial charge in [-0.2, -0.15) is 0 Å². The van der Waals surface area contributed by atoms with Crippen LogP contribution >= 0.6 is 0 Å². The summed E-state index contributed by atoms with van der Waals surface area (Å²) >= 11 is 0. The molecule has 1 saturated heterocycles. The van der Waals surface area contributed by atoms with Crippen molar-refractivity contribution in [2.45, 2.75) is 13.5 Å². The van der Waals surface area contributed by atoms with Crippen LogP contribution in [0.5, 0.6) is 0 Å². The Morgan fingerprint density at radius 1 is 1.30 bits per heavy atom. The molecule has 2 aromatic rings. The highest BCUT2D eigenvalue weighted by Gasteiger charge is 2.14. The number of morpholine rings is 1. The normalized spacial score (nSPS) is 14.6. The molecule has 0 spiro atoms. The Labute approximate surface area is 135 Å². The lowest BCUT2D eigenvalue weighted by Gasteiger charge is -2.28. The minimum absolute atomic E-state index is 0.179. The topological polar surface area (TPSA) is 67.4 Å². The zero-order valence-corrected chi connectivity index (χ0v) is 13.2. The van der Waals surface area contributed by atoms with Crippen LogP contribution in [0.15, 0.2) is 36.8 Å². The van der Waals surface area contributed by atoms with Crippen LogP contribution in [0, 0.1) is 6.92 Å². The van der Waals surface area contributed by atoms with Crippen molar-refractivity contribution in [3.8, 4) is 0 Å². The van der Waals surface area contributed by atoms with E-state index in [1.54, 1.807) is 18.6 Å². The van der Waals surface area contributed by atoms with Gasteiger partial charge in [-0.3, -0.25) is 14.8 Å². The maximum absolute atomic E-state index is 12.3. The molecule has 3 rings (SSSR count). The molecule has 0 saturated carbocycles.